The van der Waals surface area contributed by atoms with Crippen LogP contribution in [0.5, 0.6) is 0 Å². The first-order chi connectivity index (χ1) is 16.1. The topological polar surface area (TPSA) is 64.4 Å². The Balaban J connectivity index is 1.93. The van der Waals surface area contributed by atoms with Gasteiger partial charge in [-0.25, -0.2) is 0 Å². The van der Waals surface area contributed by atoms with Crippen molar-refractivity contribution in [3.8, 4) is 6.07 Å². The fourth-order valence-corrected chi connectivity index (χ4v) is 4.81. The van der Waals surface area contributed by atoms with E-state index in [0.717, 1.165) is 27.5 Å². The number of rotatable bonds is 3. The Labute approximate surface area is 209 Å². The highest BCUT2D eigenvalue weighted by atomic mass is 35.5. The summed E-state index contributed by atoms with van der Waals surface area (Å²) in [6, 6.07) is 15.3. The van der Waals surface area contributed by atoms with Crippen molar-refractivity contribution in [3.05, 3.63) is 92.6 Å². The first-order valence-electron chi connectivity index (χ1n) is 10.9. The number of hydrogen-bond acceptors (Lipinski definition) is 4. The molecule has 2 aliphatic rings. The van der Waals surface area contributed by atoms with E-state index in [1.54, 1.807) is 19.9 Å². The Kier molecular flexibility index (Phi) is 6.16. The van der Waals surface area contributed by atoms with Gasteiger partial charge in [-0.15, -0.1) is 0 Å². The summed E-state index contributed by atoms with van der Waals surface area (Å²) in [6.45, 7) is 7.73. The second-order valence-electron chi connectivity index (χ2n) is 8.70. The highest BCUT2D eigenvalue weighted by Gasteiger charge is 2.41. The molecule has 0 aliphatic carbocycles. The summed E-state index contributed by atoms with van der Waals surface area (Å²) in [5.74, 6) is -0.960. The molecule has 0 saturated carbocycles. The predicted octanol–water partition coefficient (Wildman–Crippen LogP) is 6.46. The Morgan fingerprint density at radius 2 is 1.65 bits per heavy atom. The van der Waals surface area contributed by atoms with E-state index in [9.17, 15) is 14.9 Å². The lowest BCUT2D eigenvalue weighted by Crippen LogP contribution is -2.42. The number of carbonyl (C=O) groups is 2. The van der Waals surface area contributed by atoms with Gasteiger partial charge in [-0.05, 0) is 79.6 Å². The van der Waals surface area contributed by atoms with E-state index in [1.165, 1.54) is 0 Å². The molecular weight excluding hydrogens is 469 g/mol. The minimum atomic E-state index is -0.552. The van der Waals surface area contributed by atoms with Crippen LogP contribution in [0.3, 0.4) is 0 Å². The lowest BCUT2D eigenvalue weighted by Gasteiger charge is -2.28. The van der Waals surface area contributed by atoms with Crippen molar-refractivity contribution in [1.29, 1.82) is 5.26 Å². The average molecular weight is 492 g/mol. The van der Waals surface area contributed by atoms with Crippen LogP contribution in [-0.2, 0) is 15.0 Å². The number of likely N-dealkylation sites (N-methyl/N-ethyl adjacent to an activating group) is 1. The van der Waals surface area contributed by atoms with Crippen LogP contribution < -0.4 is 4.90 Å². The molecule has 0 saturated heterocycles. The highest BCUT2D eigenvalue weighted by molar-refractivity contribution is 6.31. The summed E-state index contributed by atoms with van der Waals surface area (Å²) in [5, 5.41) is 10.8. The number of carbonyl (C=O) groups excluding carboxylic acids is 2. The third-order valence-corrected chi connectivity index (χ3v) is 6.88. The molecule has 4 rings (SSSR count). The van der Waals surface area contributed by atoms with Gasteiger partial charge in [0.2, 0.25) is 0 Å². The zero-order valence-corrected chi connectivity index (χ0v) is 20.8. The van der Waals surface area contributed by atoms with Gasteiger partial charge in [0.15, 0.2) is 0 Å². The van der Waals surface area contributed by atoms with E-state index >= 15 is 0 Å². The van der Waals surface area contributed by atoms with E-state index in [2.05, 4.69) is 18.7 Å². The smallest absolute Gasteiger partial charge is 0.271 e. The molecule has 0 fully saturated rings. The predicted molar refractivity (Wildman–Crippen MR) is 135 cm³/mol. The van der Waals surface area contributed by atoms with Crippen LogP contribution in [0, 0.1) is 11.3 Å². The van der Waals surface area contributed by atoms with Crippen LogP contribution in [0.4, 0.5) is 11.4 Å². The zero-order chi connectivity index (χ0) is 24.8. The number of allylic oxidation sites excluding steroid dienone is 3. The van der Waals surface area contributed by atoms with Crippen molar-refractivity contribution in [2.24, 2.45) is 0 Å². The molecule has 172 valence electrons. The third-order valence-electron chi connectivity index (χ3n) is 6.39. The quantitative estimate of drug-likeness (QED) is 0.364. The maximum atomic E-state index is 13.1. The number of anilines is 2. The summed E-state index contributed by atoms with van der Waals surface area (Å²) in [6.07, 6.45) is 3.59. The van der Waals surface area contributed by atoms with Gasteiger partial charge in [-0.2, -0.15) is 5.26 Å². The van der Waals surface area contributed by atoms with Crippen molar-refractivity contribution in [2.45, 2.75) is 33.1 Å². The van der Waals surface area contributed by atoms with E-state index in [1.807, 2.05) is 54.6 Å². The number of fused-ring (bicyclic) bond motifs is 1. The minimum absolute atomic E-state index is 0.0126. The first kappa shape index (κ1) is 23.8. The van der Waals surface area contributed by atoms with Crippen LogP contribution in [0.1, 0.15) is 33.3 Å². The molecule has 2 aromatic rings. The van der Waals surface area contributed by atoms with Gasteiger partial charge in [0.05, 0.1) is 5.69 Å². The van der Waals surface area contributed by atoms with Crippen molar-refractivity contribution in [2.75, 3.05) is 11.4 Å². The molecule has 5 nitrogen and oxygen atoms in total. The van der Waals surface area contributed by atoms with Gasteiger partial charge in [0.1, 0.15) is 11.6 Å². The van der Waals surface area contributed by atoms with Crippen LogP contribution in [-0.4, -0.2) is 23.3 Å². The van der Waals surface area contributed by atoms with Gasteiger partial charge >= 0.3 is 0 Å². The normalized spacial score (nSPS) is 19.8. The molecule has 2 aliphatic heterocycles. The van der Waals surface area contributed by atoms with Gasteiger partial charge in [0.25, 0.3) is 11.8 Å². The Hall–Kier alpha value is -3.33. The molecule has 0 bridgehead atoms. The molecule has 2 amide bonds. The summed E-state index contributed by atoms with van der Waals surface area (Å²) in [5.41, 5.74) is 4.11. The van der Waals surface area contributed by atoms with Crippen LogP contribution >= 0.6 is 23.2 Å². The van der Waals surface area contributed by atoms with Crippen molar-refractivity contribution in [1.82, 2.24) is 4.90 Å². The molecular formula is C27H23Cl2N3O2. The summed E-state index contributed by atoms with van der Waals surface area (Å²) < 4.78 is 0. The van der Waals surface area contributed by atoms with Crippen molar-refractivity contribution < 1.29 is 9.59 Å². The number of halogens is 2. The standard InChI is InChI=1S/C27H23Cl2N3O2/c1-5-31-25(33)20(16(2)21(15-30)26(31)34)11-13-24-27(3,4)22-14-18(29)8-12-23(22)32(24)19-9-6-17(28)7-10-19/h6-14H,5H2,1-4H3/b20-11-,24-13+. The number of nitrogens with zero attached hydrogens (tertiary/aromatic N) is 3. The van der Waals surface area contributed by atoms with E-state index in [0.29, 0.717) is 21.2 Å². The molecule has 2 heterocycles. The summed E-state index contributed by atoms with van der Waals surface area (Å²) in [7, 11) is 0. The van der Waals surface area contributed by atoms with Gasteiger partial charge in [-0.3, -0.25) is 14.5 Å². The highest BCUT2D eigenvalue weighted by Crippen LogP contribution is 2.52. The maximum absolute atomic E-state index is 13.1. The van der Waals surface area contributed by atoms with E-state index in [-0.39, 0.29) is 12.1 Å². The van der Waals surface area contributed by atoms with E-state index in [4.69, 9.17) is 23.2 Å². The molecule has 0 radical (unpaired) electrons. The largest absolute Gasteiger partial charge is 0.313 e. The average Bonchev–Trinajstić information content (AvgIpc) is 3.01. The molecule has 2 aromatic carbocycles. The molecule has 0 aromatic heterocycles. The monoisotopic (exact) mass is 491 g/mol. The molecule has 7 heteroatoms. The van der Waals surface area contributed by atoms with Crippen LogP contribution in [0.25, 0.3) is 0 Å². The summed E-state index contributed by atoms with van der Waals surface area (Å²) >= 11 is 12.5. The number of amides is 2. The Morgan fingerprint density at radius 3 is 2.26 bits per heavy atom. The maximum Gasteiger partial charge on any atom is 0.271 e. The molecule has 0 atom stereocenters. The molecule has 0 unspecified atom stereocenters. The lowest BCUT2D eigenvalue weighted by molar-refractivity contribution is -0.140. The fourth-order valence-electron chi connectivity index (χ4n) is 4.51. The lowest BCUT2D eigenvalue weighted by atomic mass is 9.83. The minimum Gasteiger partial charge on any atom is -0.313 e. The second kappa shape index (κ2) is 8.79. The number of hydrogen-bond donors (Lipinski definition) is 0. The van der Waals surface area contributed by atoms with Crippen LogP contribution in [0.15, 0.2) is 77.0 Å². The summed E-state index contributed by atoms with van der Waals surface area (Å²) in [4.78, 5) is 28.8. The fraction of sp³-hybridized carbons (Fsp3) is 0.222. The van der Waals surface area contributed by atoms with Crippen molar-refractivity contribution >= 4 is 46.4 Å². The number of nitriles is 1. The van der Waals surface area contributed by atoms with Gasteiger partial charge in [-0.1, -0.05) is 37.0 Å². The Bertz CT molecular complexity index is 1340. The second-order valence-corrected chi connectivity index (χ2v) is 9.57. The van der Waals surface area contributed by atoms with Crippen molar-refractivity contribution in [3.63, 3.8) is 0 Å². The molecule has 0 N–H and O–H groups in total. The number of imide groups is 1. The molecule has 0 spiro atoms. The van der Waals surface area contributed by atoms with Crippen LogP contribution in [0.2, 0.25) is 10.0 Å². The van der Waals surface area contributed by atoms with Gasteiger partial charge in [0, 0.05) is 39.0 Å². The first-order valence-corrected chi connectivity index (χ1v) is 11.6. The SMILES string of the molecule is CCN1C(=O)C(C#N)=C(C)/C(=C/C=C2/N(c3ccc(Cl)cc3)c3ccc(Cl)cc3C2(C)C)C1=O. The van der Waals surface area contributed by atoms with E-state index < -0.39 is 17.2 Å². The molecule has 34 heavy (non-hydrogen) atoms. The third kappa shape index (κ3) is 3.73. The number of benzene rings is 2. The zero-order valence-electron chi connectivity index (χ0n) is 19.3. The Morgan fingerprint density at radius 1 is 1.00 bits per heavy atom. The van der Waals surface area contributed by atoms with Gasteiger partial charge < -0.3 is 4.90 Å².